The molecular formula is C58H51NSi. The summed E-state index contributed by atoms with van der Waals surface area (Å²) in [6.07, 6.45) is 7.31. The lowest BCUT2D eigenvalue weighted by Crippen LogP contribution is -2.74. The Hall–Kier alpha value is -6.22. The molecule has 4 fully saturated rings. The van der Waals surface area contributed by atoms with E-state index in [2.05, 4.69) is 223 Å². The molecule has 0 saturated heterocycles. The summed E-state index contributed by atoms with van der Waals surface area (Å²) in [5.74, 6) is 4.49. The van der Waals surface area contributed by atoms with Crippen LogP contribution in [0.25, 0.3) is 22.3 Å². The van der Waals surface area contributed by atoms with Crippen LogP contribution in [0.2, 0.25) is 0 Å². The van der Waals surface area contributed by atoms with Gasteiger partial charge in [0.05, 0.1) is 0 Å². The summed E-state index contributed by atoms with van der Waals surface area (Å²) in [4.78, 5) is 2.42. The van der Waals surface area contributed by atoms with E-state index in [4.69, 9.17) is 0 Å². The minimum Gasteiger partial charge on any atom is -0.311 e. The molecule has 60 heavy (non-hydrogen) atoms. The van der Waals surface area contributed by atoms with E-state index in [1.807, 2.05) is 0 Å². The third kappa shape index (κ3) is 6.64. The van der Waals surface area contributed by atoms with Crippen LogP contribution in [0.3, 0.4) is 0 Å². The standard InChI is InChI=1S/C58H51NSi/c1-5-14-44(15-6-1)45-24-28-51(29-25-45)59(52-30-26-46(27-31-52)47-16-13-17-48(41-47)58-49-37-42-36-43(39-49)40-50(58)38-42)53-32-34-57(35-33-53)60(54-18-7-2-8-19-54,55-20-9-3-10-21-55)56-22-11-4-12-23-56/h1-35,41-43,49-50,58H,36-40H2. The van der Waals surface area contributed by atoms with Crippen LogP contribution in [0.5, 0.6) is 0 Å². The molecule has 0 aromatic heterocycles. The topological polar surface area (TPSA) is 3.24 Å². The van der Waals surface area contributed by atoms with Gasteiger partial charge in [-0.2, -0.15) is 0 Å². The normalized spacial score (nSPS) is 20.5. The van der Waals surface area contributed by atoms with Crippen molar-refractivity contribution in [3.8, 4) is 22.3 Å². The number of hydrogen-bond donors (Lipinski definition) is 0. The summed E-state index contributed by atoms with van der Waals surface area (Å²) in [5, 5.41) is 5.51. The third-order valence-corrected chi connectivity index (χ3v) is 19.2. The Balaban J connectivity index is 0.984. The van der Waals surface area contributed by atoms with E-state index in [1.165, 1.54) is 75.1 Å². The Morgan fingerprint density at radius 3 is 1.15 bits per heavy atom. The first-order valence-corrected chi connectivity index (χ1v) is 24.1. The number of benzene rings is 8. The first-order chi connectivity index (χ1) is 29.7. The maximum absolute atomic E-state index is 2.65. The molecule has 0 radical (unpaired) electrons. The molecule has 0 amide bonds. The molecule has 8 aromatic rings. The molecule has 4 saturated carbocycles. The highest BCUT2D eigenvalue weighted by atomic mass is 28.3. The van der Waals surface area contributed by atoms with Gasteiger partial charge in [0, 0.05) is 17.1 Å². The Bertz CT molecular complexity index is 2550. The first kappa shape index (κ1) is 36.8. The lowest BCUT2D eigenvalue weighted by Gasteiger charge is -2.54. The van der Waals surface area contributed by atoms with Gasteiger partial charge in [0.25, 0.3) is 0 Å². The molecule has 2 heteroatoms. The predicted octanol–water partition coefficient (Wildman–Crippen LogP) is 12.4. The molecule has 4 aliphatic rings. The molecule has 1 nitrogen and oxygen atoms in total. The molecule has 0 atom stereocenters. The Morgan fingerprint density at radius 2 is 0.683 bits per heavy atom. The highest BCUT2D eigenvalue weighted by Gasteiger charge is 2.48. The van der Waals surface area contributed by atoms with Gasteiger partial charge >= 0.3 is 0 Å². The van der Waals surface area contributed by atoms with Crippen molar-refractivity contribution >= 4 is 45.9 Å². The molecule has 292 valence electrons. The van der Waals surface area contributed by atoms with Gasteiger partial charge in [0.2, 0.25) is 0 Å². The zero-order valence-corrected chi connectivity index (χ0v) is 35.2. The molecule has 8 aromatic carbocycles. The molecule has 0 unspecified atom stereocenters. The van der Waals surface area contributed by atoms with Crippen molar-refractivity contribution in [2.75, 3.05) is 4.90 Å². The van der Waals surface area contributed by atoms with Crippen molar-refractivity contribution < 1.29 is 0 Å². The van der Waals surface area contributed by atoms with Crippen molar-refractivity contribution in [2.45, 2.75) is 38.0 Å². The van der Waals surface area contributed by atoms with Crippen LogP contribution in [0.15, 0.2) is 218 Å². The number of hydrogen-bond acceptors (Lipinski definition) is 1. The zero-order valence-electron chi connectivity index (χ0n) is 34.2. The lowest BCUT2D eigenvalue weighted by atomic mass is 9.50. The van der Waals surface area contributed by atoms with Crippen LogP contribution in [0.1, 0.15) is 43.6 Å². The molecule has 0 spiro atoms. The van der Waals surface area contributed by atoms with Gasteiger partial charge in [0.1, 0.15) is 0 Å². The highest BCUT2D eigenvalue weighted by molar-refractivity contribution is 7.19. The summed E-state index contributed by atoms with van der Waals surface area (Å²) in [5.41, 5.74) is 10.1. The Morgan fingerprint density at radius 1 is 0.317 bits per heavy atom. The van der Waals surface area contributed by atoms with Crippen LogP contribution >= 0.6 is 0 Å². The molecule has 0 N–H and O–H groups in total. The highest BCUT2D eigenvalue weighted by Crippen LogP contribution is 2.60. The van der Waals surface area contributed by atoms with Crippen LogP contribution in [-0.2, 0) is 0 Å². The van der Waals surface area contributed by atoms with E-state index in [1.54, 1.807) is 5.56 Å². The molecular weight excluding hydrogens is 739 g/mol. The third-order valence-electron chi connectivity index (χ3n) is 14.4. The number of nitrogens with zero attached hydrogens (tertiary/aromatic N) is 1. The molecule has 0 heterocycles. The summed E-state index contributed by atoms with van der Waals surface area (Å²) >= 11 is 0. The quantitative estimate of drug-likeness (QED) is 0.0985. The minimum atomic E-state index is -2.65. The van der Waals surface area contributed by atoms with E-state index in [0.29, 0.717) is 0 Å². The van der Waals surface area contributed by atoms with E-state index in [-0.39, 0.29) is 0 Å². The van der Waals surface area contributed by atoms with Crippen LogP contribution in [-0.4, -0.2) is 8.07 Å². The molecule has 4 aliphatic carbocycles. The minimum absolute atomic E-state index is 0.738. The average Bonchev–Trinajstić information content (AvgIpc) is 3.31. The Labute approximate surface area is 357 Å². The monoisotopic (exact) mass is 789 g/mol. The van der Waals surface area contributed by atoms with E-state index >= 15 is 0 Å². The average molecular weight is 790 g/mol. The number of anilines is 3. The van der Waals surface area contributed by atoms with Crippen molar-refractivity contribution in [3.63, 3.8) is 0 Å². The second kappa shape index (κ2) is 15.8. The van der Waals surface area contributed by atoms with Crippen LogP contribution < -0.4 is 25.6 Å². The predicted molar refractivity (Wildman–Crippen MR) is 255 cm³/mol. The molecule has 12 rings (SSSR count). The van der Waals surface area contributed by atoms with Crippen molar-refractivity contribution in [2.24, 2.45) is 23.7 Å². The van der Waals surface area contributed by atoms with E-state index < -0.39 is 8.07 Å². The van der Waals surface area contributed by atoms with Crippen molar-refractivity contribution in [1.29, 1.82) is 0 Å². The number of rotatable bonds is 10. The van der Waals surface area contributed by atoms with Gasteiger partial charge in [-0.3, -0.25) is 0 Å². The fraction of sp³-hybridized carbons (Fsp3) is 0.172. The Kier molecular flexibility index (Phi) is 9.67. The maximum atomic E-state index is 2.53. The van der Waals surface area contributed by atoms with Crippen LogP contribution in [0, 0.1) is 23.7 Å². The molecule has 0 aliphatic heterocycles. The van der Waals surface area contributed by atoms with Gasteiger partial charge in [-0.1, -0.05) is 182 Å². The second-order valence-corrected chi connectivity index (χ2v) is 21.6. The largest absolute Gasteiger partial charge is 0.311 e. The first-order valence-electron chi connectivity index (χ1n) is 22.1. The zero-order chi connectivity index (χ0) is 39.9. The lowest BCUT2D eigenvalue weighted by molar-refractivity contribution is -0.00276. The fourth-order valence-electron chi connectivity index (χ4n) is 12.0. The second-order valence-electron chi connectivity index (χ2n) is 17.8. The van der Waals surface area contributed by atoms with E-state index in [9.17, 15) is 0 Å². The van der Waals surface area contributed by atoms with Gasteiger partial charge in [-0.25, -0.2) is 0 Å². The maximum Gasteiger partial charge on any atom is 0.179 e. The van der Waals surface area contributed by atoms with Crippen molar-refractivity contribution in [3.05, 3.63) is 224 Å². The van der Waals surface area contributed by atoms with Crippen LogP contribution in [0.4, 0.5) is 17.1 Å². The van der Waals surface area contributed by atoms with Gasteiger partial charge < -0.3 is 4.90 Å². The van der Waals surface area contributed by atoms with E-state index in [0.717, 1.165) is 46.7 Å². The summed E-state index contributed by atoms with van der Waals surface area (Å²) in [6, 6.07) is 81.7. The smallest absolute Gasteiger partial charge is 0.179 e. The fourth-order valence-corrected chi connectivity index (χ4v) is 16.7. The summed E-state index contributed by atoms with van der Waals surface area (Å²) in [7, 11) is -2.65. The summed E-state index contributed by atoms with van der Waals surface area (Å²) in [6.45, 7) is 0. The molecule has 4 bridgehead atoms. The SMILES string of the molecule is c1ccc(-c2ccc(N(c3ccc(-c4cccc(C5C6CC7CC(C6)CC5C7)c4)cc3)c3ccc([Si](c4ccccc4)(c4ccccc4)c4ccccc4)cc3)cc2)cc1. The van der Waals surface area contributed by atoms with Crippen molar-refractivity contribution in [1.82, 2.24) is 0 Å². The van der Waals surface area contributed by atoms with Gasteiger partial charge in [0.15, 0.2) is 8.07 Å². The van der Waals surface area contributed by atoms with Gasteiger partial charge in [-0.05, 0) is 147 Å². The summed E-state index contributed by atoms with van der Waals surface area (Å²) < 4.78 is 0. The van der Waals surface area contributed by atoms with Gasteiger partial charge in [-0.15, -0.1) is 0 Å².